The van der Waals surface area contributed by atoms with Crippen molar-refractivity contribution in [2.75, 3.05) is 24.7 Å². The summed E-state index contributed by atoms with van der Waals surface area (Å²) in [7, 11) is -3.71. The molecule has 2 aromatic heterocycles. The molecule has 45 heavy (non-hydrogen) atoms. The summed E-state index contributed by atoms with van der Waals surface area (Å²) in [5.41, 5.74) is 5.00. The number of hydrogen-bond donors (Lipinski definition) is 2. The number of ether oxygens (including phenoxy) is 1. The molecule has 1 aliphatic heterocycles. The molecule has 3 heterocycles. The van der Waals surface area contributed by atoms with Crippen molar-refractivity contribution in [1.82, 2.24) is 19.8 Å². The van der Waals surface area contributed by atoms with Crippen LogP contribution in [0.4, 0.5) is 5.13 Å². The van der Waals surface area contributed by atoms with Crippen LogP contribution in [0, 0.1) is 12.8 Å². The normalized spacial score (nSPS) is 19.0. The van der Waals surface area contributed by atoms with Crippen molar-refractivity contribution >= 4 is 32.4 Å². The zero-order valence-corrected chi connectivity index (χ0v) is 26.7. The summed E-state index contributed by atoms with van der Waals surface area (Å²) < 4.78 is 38.0. The maximum atomic E-state index is 13.4. The minimum atomic E-state index is -3.71. The topological polar surface area (TPSA) is 147 Å². The van der Waals surface area contributed by atoms with E-state index in [1.54, 1.807) is 0 Å². The number of rotatable bonds is 11. The molecule has 2 N–H and O–H groups in total. The maximum Gasteiger partial charge on any atom is 0.439 e. The van der Waals surface area contributed by atoms with E-state index < -0.39 is 26.9 Å². The van der Waals surface area contributed by atoms with Crippen molar-refractivity contribution in [3.8, 4) is 22.5 Å². The molecule has 2 atom stereocenters. The van der Waals surface area contributed by atoms with Crippen LogP contribution in [0.2, 0.25) is 0 Å². The Kier molecular flexibility index (Phi) is 7.86. The van der Waals surface area contributed by atoms with Gasteiger partial charge in [0.1, 0.15) is 5.69 Å². The molecule has 1 unspecified atom stereocenters. The van der Waals surface area contributed by atoms with E-state index in [0.717, 1.165) is 58.5 Å². The molecule has 13 heteroatoms. The third-order valence-corrected chi connectivity index (χ3v) is 11.9. The fourth-order valence-corrected chi connectivity index (χ4v) is 8.36. The van der Waals surface area contributed by atoms with Crippen molar-refractivity contribution in [2.45, 2.75) is 63.2 Å². The Morgan fingerprint density at radius 1 is 1.11 bits per heavy atom. The van der Waals surface area contributed by atoms with E-state index in [1.165, 1.54) is 11.3 Å². The first-order valence-corrected chi connectivity index (χ1v) is 17.7. The highest BCUT2D eigenvalue weighted by Crippen LogP contribution is 2.42. The van der Waals surface area contributed by atoms with Gasteiger partial charge in [0.05, 0.1) is 17.9 Å². The maximum absolute atomic E-state index is 13.4. The largest absolute Gasteiger partial charge is 0.439 e. The van der Waals surface area contributed by atoms with E-state index in [9.17, 15) is 18.0 Å². The average molecular weight is 650 g/mol. The molecule has 3 fully saturated rings. The summed E-state index contributed by atoms with van der Waals surface area (Å²) in [5.74, 6) is -0.341. The van der Waals surface area contributed by atoms with Gasteiger partial charge in [-0.3, -0.25) is 14.3 Å². The van der Waals surface area contributed by atoms with Crippen LogP contribution in [-0.4, -0.2) is 54.5 Å². The second-order valence-corrected chi connectivity index (χ2v) is 15.3. The standard InChI is InChI=1S/C32H35N5O6S2/c1-18-3-12-25(29-34-32(39)43-35-29)26(15-18)22-8-6-21(7-9-22)19(2)37(16-20-4-5-20)31-33-27(28(44-31)23-13-14-42-17-23)30(38)36-45(40,41)24-10-11-24/h3,6-9,12,15,19-20,23-24H,4-5,10-11,13-14,16-17H2,1-2H3,(H,36,38)(H,34,35,39)/t19-,23?/m1/s1. The number of aromatic amines is 1. The Bertz CT molecular complexity index is 1880. The Balaban J connectivity index is 1.20. The van der Waals surface area contributed by atoms with Gasteiger partial charge in [-0.05, 0) is 68.6 Å². The van der Waals surface area contributed by atoms with E-state index in [-0.39, 0.29) is 17.7 Å². The van der Waals surface area contributed by atoms with Gasteiger partial charge in [0.2, 0.25) is 10.0 Å². The number of thiazole rings is 1. The van der Waals surface area contributed by atoms with Gasteiger partial charge >= 0.3 is 5.76 Å². The van der Waals surface area contributed by atoms with Crippen LogP contribution in [0.1, 0.15) is 77.5 Å². The molecule has 1 amide bonds. The van der Waals surface area contributed by atoms with Crippen LogP contribution < -0.4 is 15.4 Å². The van der Waals surface area contributed by atoms with E-state index in [4.69, 9.17) is 14.2 Å². The number of benzene rings is 2. The smallest absolute Gasteiger partial charge is 0.381 e. The summed E-state index contributed by atoms with van der Waals surface area (Å²) in [5, 5.41) is 4.11. The second kappa shape index (κ2) is 11.8. The van der Waals surface area contributed by atoms with E-state index in [1.807, 2.05) is 19.1 Å². The Hall–Kier alpha value is -3.81. The monoisotopic (exact) mass is 649 g/mol. The molecule has 2 aromatic carbocycles. The fraction of sp³-hybridized carbons (Fsp3) is 0.438. The van der Waals surface area contributed by atoms with Gasteiger partial charge in [0.25, 0.3) is 5.91 Å². The Morgan fingerprint density at radius 2 is 1.89 bits per heavy atom. The SMILES string of the molecule is Cc1ccc(-c2noc(=O)[nH]2)c(-c2ccc([C@@H](C)N(CC3CC3)c3nc(C(=O)NS(=O)(=O)C4CC4)c(C4CCOC4)s3)cc2)c1. The van der Waals surface area contributed by atoms with Crippen molar-refractivity contribution in [2.24, 2.45) is 5.92 Å². The zero-order valence-electron chi connectivity index (χ0n) is 25.1. The Morgan fingerprint density at radius 3 is 2.53 bits per heavy atom. The molecule has 2 aliphatic carbocycles. The van der Waals surface area contributed by atoms with E-state index in [0.29, 0.717) is 42.9 Å². The molecule has 11 nitrogen and oxygen atoms in total. The van der Waals surface area contributed by atoms with E-state index >= 15 is 0 Å². The number of amides is 1. The first kappa shape index (κ1) is 29.9. The number of aryl methyl sites for hydroxylation is 1. The number of carbonyl (C=O) groups excluding carboxylic acids is 1. The molecular weight excluding hydrogens is 615 g/mol. The number of hydrogen-bond acceptors (Lipinski definition) is 10. The minimum Gasteiger partial charge on any atom is -0.381 e. The molecular formula is C32H35N5O6S2. The highest BCUT2D eigenvalue weighted by Gasteiger charge is 2.39. The quantitative estimate of drug-likeness (QED) is 0.225. The molecule has 0 spiro atoms. The predicted molar refractivity (Wildman–Crippen MR) is 171 cm³/mol. The lowest BCUT2D eigenvalue weighted by atomic mass is 9.95. The van der Waals surface area contributed by atoms with Crippen LogP contribution in [0.5, 0.6) is 0 Å². The summed E-state index contributed by atoms with van der Waals surface area (Å²) in [6.45, 7) is 6.02. The second-order valence-electron chi connectivity index (χ2n) is 12.3. The lowest BCUT2D eigenvalue weighted by molar-refractivity contribution is 0.0975. The first-order valence-electron chi connectivity index (χ1n) is 15.3. The van der Waals surface area contributed by atoms with Gasteiger partial charge in [-0.1, -0.05) is 53.2 Å². The average Bonchev–Trinajstić information content (AvgIpc) is 3.90. The number of aromatic nitrogens is 3. The van der Waals surface area contributed by atoms with Crippen LogP contribution in [-0.2, 0) is 14.8 Å². The Labute approximate surface area is 265 Å². The highest BCUT2D eigenvalue weighted by molar-refractivity contribution is 7.91. The highest BCUT2D eigenvalue weighted by atomic mass is 32.2. The van der Waals surface area contributed by atoms with Gasteiger partial charge in [-0.25, -0.2) is 22.9 Å². The van der Waals surface area contributed by atoms with Crippen LogP contribution in [0.15, 0.2) is 51.8 Å². The summed E-state index contributed by atoms with van der Waals surface area (Å²) >= 11 is 1.47. The molecule has 4 aromatic rings. The number of nitrogens with zero attached hydrogens (tertiary/aromatic N) is 3. The molecule has 3 aliphatic rings. The molecule has 0 radical (unpaired) electrons. The third-order valence-electron chi connectivity index (χ3n) is 8.80. The lowest BCUT2D eigenvalue weighted by Gasteiger charge is -2.29. The summed E-state index contributed by atoms with van der Waals surface area (Å²) in [4.78, 5) is 35.5. The first-order chi connectivity index (χ1) is 21.7. The number of carbonyl (C=O) groups is 1. The van der Waals surface area contributed by atoms with Gasteiger partial charge in [-0.2, -0.15) is 0 Å². The van der Waals surface area contributed by atoms with Crippen molar-refractivity contribution in [3.05, 3.63) is 74.7 Å². The number of anilines is 1. The molecule has 7 rings (SSSR count). The van der Waals surface area contributed by atoms with Crippen LogP contribution in [0.25, 0.3) is 22.5 Å². The molecule has 236 valence electrons. The van der Waals surface area contributed by atoms with Gasteiger partial charge < -0.3 is 9.64 Å². The summed E-state index contributed by atoms with van der Waals surface area (Å²) in [6, 6.07) is 14.2. The third kappa shape index (κ3) is 6.34. The van der Waals surface area contributed by atoms with E-state index in [2.05, 4.69) is 57.0 Å². The van der Waals surface area contributed by atoms with Gasteiger partial charge in [0, 0.05) is 29.5 Å². The van der Waals surface area contributed by atoms with Crippen molar-refractivity contribution in [3.63, 3.8) is 0 Å². The number of sulfonamides is 1. The van der Waals surface area contributed by atoms with Crippen LogP contribution in [0.3, 0.4) is 0 Å². The molecule has 0 bridgehead atoms. The van der Waals surface area contributed by atoms with Crippen molar-refractivity contribution in [1.29, 1.82) is 0 Å². The summed E-state index contributed by atoms with van der Waals surface area (Å²) in [6.07, 6.45) is 4.20. The molecule has 2 saturated carbocycles. The number of nitrogens with one attached hydrogen (secondary N) is 2. The lowest BCUT2D eigenvalue weighted by Crippen LogP contribution is -2.34. The van der Waals surface area contributed by atoms with Gasteiger partial charge in [-0.15, -0.1) is 11.3 Å². The van der Waals surface area contributed by atoms with Crippen LogP contribution >= 0.6 is 11.3 Å². The van der Waals surface area contributed by atoms with Gasteiger partial charge in [0.15, 0.2) is 11.0 Å². The zero-order chi connectivity index (χ0) is 31.3. The number of H-pyrrole nitrogens is 1. The predicted octanol–water partition coefficient (Wildman–Crippen LogP) is 5.17. The molecule has 1 saturated heterocycles. The minimum absolute atomic E-state index is 0.00109. The fourth-order valence-electron chi connectivity index (χ4n) is 5.81. The van der Waals surface area contributed by atoms with Crippen molar-refractivity contribution < 1.29 is 22.5 Å².